The summed E-state index contributed by atoms with van der Waals surface area (Å²) in [6, 6.07) is 24.0. The van der Waals surface area contributed by atoms with E-state index >= 15 is 0 Å². The summed E-state index contributed by atoms with van der Waals surface area (Å²) >= 11 is 0. The third kappa shape index (κ3) is 36.0. The van der Waals surface area contributed by atoms with Gasteiger partial charge in [-0.25, -0.2) is 0 Å². The number of hydrogen-bond acceptors (Lipinski definition) is 6. The predicted molar refractivity (Wildman–Crippen MR) is 80.0 cm³/mol. The van der Waals surface area contributed by atoms with Crippen LogP contribution in [0.2, 0.25) is 0 Å². The molecule has 2 rings (SSSR count). The zero-order chi connectivity index (χ0) is 15.6. The van der Waals surface area contributed by atoms with Crippen molar-refractivity contribution in [2.45, 2.75) is 0 Å². The van der Waals surface area contributed by atoms with Crippen molar-refractivity contribution in [3.8, 4) is 0 Å². The SMILES string of the molecule is OP(O)O.OP(O)O.c1ccccc1.c1ccccc1. The van der Waals surface area contributed by atoms with E-state index in [0.29, 0.717) is 0 Å². The Morgan fingerprint density at radius 3 is 0.400 bits per heavy atom. The summed E-state index contributed by atoms with van der Waals surface area (Å²) in [7, 11) is -5.24. The fourth-order valence-corrected chi connectivity index (χ4v) is 0.770. The average molecular weight is 320 g/mol. The monoisotopic (exact) mass is 320 g/mol. The van der Waals surface area contributed by atoms with Crippen molar-refractivity contribution in [3.05, 3.63) is 72.8 Å². The molecule has 112 valence electrons. The first-order valence-electron chi connectivity index (χ1n) is 5.20. The normalized spacial score (nSPS) is 8.40. The van der Waals surface area contributed by atoms with Gasteiger partial charge >= 0.3 is 17.2 Å². The summed E-state index contributed by atoms with van der Waals surface area (Å²) in [6.45, 7) is 0. The van der Waals surface area contributed by atoms with Crippen molar-refractivity contribution in [1.82, 2.24) is 0 Å². The lowest BCUT2D eigenvalue weighted by Gasteiger charge is -1.76. The van der Waals surface area contributed by atoms with Gasteiger partial charge in [0.2, 0.25) is 0 Å². The predicted octanol–water partition coefficient (Wildman–Crippen LogP) is 1.75. The van der Waals surface area contributed by atoms with Crippen LogP contribution in [0.15, 0.2) is 72.8 Å². The first-order valence-corrected chi connectivity index (χ1v) is 7.60. The van der Waals surface area contributed by atoms with Gasteiger partial charge in [0.15, 0.2) is 0 Å². The summed E-state index contributed by atoms with van der Waals surface area (Å²) in [5.41, 5.74) is 0. The molecule has 0 aliphatic heterocycles. The number of rotatable bonds is 0. The Hall–Kier alpha value is -0.940. The average Bonchev–Trinajstić information content (AvgIpc) is 2.42. The van der Waals surface area contributed by atoms with Crippen LogP contribution in [0.25, 0.3) is 0 Å². The lowest BCUT2D eigenvalue weighted by molar-refractivity contribution is 0.366. The molecule has 0 aliphatic carbocycles. The molecule has 6 N–H and O–H groups in total. The first-order chi connectivity index (χ1) is 9.46. The summed E-state index contributed by atoms with van der Waals surface area (Å²) < 4.78 is 0. The largest absolute Gasteiger partial charge is 0.328 e. The minimum absolute atomic E-state index is 2.00. The Morgan fingerprint density at radius 1 is 0.300 bits per heavy atom. The quantitative estimate of drug-likeness (QED) is 0.411. The number of hydrogen-bond donors (Lipinski definition) is 6. The Kier molecular flexibility index (Phi) is 19.3. The molecular weight excluding hydrogens is 302 g/mol. The van der Waals surface area contributed by atoms with Gasteiger partial charge in [-0.3, -0.25) is 0 Å². The van der Waals surface area contributed by atoms with Gasteiger partial charge in [-0.15, -0.1) is 0 Å². The lowest BCUT2D eigenvalue weighted by atomic mass is 10.4. The minimum atomic E-state index is -2.62. The molecule has 0 aromatic heterocycles. The van der Waals surface area contributed by atoms with E-state index in [0.717, 1.165) is 0 Å². The molecule has 0 aliphatic rings. The molecule has 6 nitrogen and oxygen atoms in total. The molecular formula is C12H18O6P2. The van der Waals surface area contributed by atoms with Crippen molar-refractivity contribution in [2.75, 3.05) is 0 Å². The molecule has 0 fully saturated rings. The maximum Gasteiger partial charge on any atom is 0.324 e. The van der Waals surface area contributed by atoms with Gasteiger partial charge in [-0.05, 0) is 0 Å². The molecule has 0 saturated heterocycles. The minimum Gasteiger partial charge on any atom is -0.328 e. The zero-order valence-electron chi connectivity index (χ0n) is 10.5. The van der Waals surface area contributed by atoms with Crippen LogP contribution in [0.1, 0.15) is 0 Å². The van der Waals surface area contributed by atoms with Crippen LogP contribution in [0.5, 0.6) is 0 Å². The fraction of sp³-hybridized carbons (Fsp3) is 0. The Balaban J connectivity index is 0. The van der Waals surface area contributed by atoms with E-state index < -0.39 is 17.2 Å². The molecule has 2 aromatic rings. The van der Waals surface area contributed by atoms with Crippen LogP contribution in [0, 0.1) is 0 Å². The first kappa shape index (κ1) is 21.4. The van der Waals surface area contributed by atoms with Crippen LogP contribution in [0.3, 0.4) is 0 Å². The van der Waals surface area contributed by atoms with E-state index in [2.05, 4.69) is 0 Å². The molecule has 2 aromatic carbocycles. The van der Waals surface area contributed by atoms with Gasteiger partial charge < -0.3 is 29.4 Å². The molecule has 20 heavy (non-hydrogen) atoms. The topological polar surface area (TPSA) is 121 Å². The summed E-state index contributed by atoms with van der Waals surface area (Å²) in [6.07, 6.45) is 0. The van der Waals surface area contributed by atoms with Gasteiger partial charge in [-0.2, -0.15) is 0 Å². The van der Waals surface area contributed by atoms with Crippen LogP contribution in [0.4, 0.5) is 0 Å². The molecule has 0 saturated carbocycles. The second-order valence-corrected chi connectivity index (χ2v) is 3.92. The highest BCUT2D eigenvalue weighted by Crippen LogP contribution is 2.12. The Morgan fingerprint density at radius 2 is 0.350 bits per heavy atom. The number of benzene rings is 2. The molecule has 0 amide bonds. The van der Waals surface area contributed by atoms with Gasteiger partial charge in [0.1, 0.15) is 0 Å². The van der Waals surface area contributed by atoms with Crippen molar-refractivity contribution < 1.29 is 29.4 Å². The van der Waals surface area contributed by atoms with E-state index in [1.54, 1.807) is 0 Å². The highest BCUT2D eigenvalue weighted by atomic mass is 31.2. The molecule has 0 spiro atoms. The van der Waals surface area contributed by atoms with Crippen molar-refractivity contribution in [1.29, 1.82) is 0 Å². The summed E-state index contributed by atoms with van der Waals surface area (Å²) in [5, 5.41) is 0. The second-order valence-electron chi connectivity index (χ2n) is 2.85. The standard InChI is InChI=1S/2C6H6.2H3O3P/c2*1-2-4-6-5-3-1;2*1-4(2)3/h2*1-6H;2*1-3H. The molecule has 0 heterocycles. The molecule has 8 heteroatoms. The summed E-state index contributed by atoms with van der Waals surface area (Å²) in [5.74, 6) is 0. The van der Waals surface area contributed by atoms with E-state index in [1.807, 2.05) is 72.8 Å². The Labute approximate surface area is 120 Å². The van der Waals surface area contributed by atoms with Crippen molar-refractivity contribution in [2.24, 2.45) is 0 Å². The van der Waals surface area contributed by atoms with Crippen molar-refractivity contribution in [3.63, 3.8) is 0 Å². The van der Waals surface area contributed by atoms with Crippen LogP contribution in [-0.2, 0) is 0 Å². The second kappa shape index (κ2) is 18.1. The van der Waals surface area contributed by atoms with Gasteiger partial charge in [0.25, 0.3) is 0 Å². The smallest absolute Gasteiger partial charge is 0.324 e. The molecule has 0 radical (unpaired) electrons. The van der Waals surface area contributed by atoms with Crippen LogP contribution >= 0.6 is 17.2 Å². The fourth-order valence-electron chi connectivity index (χ4n) is 0.770. The van der Waals surface area contributed by atoms with Crippen molar-refractivity contribution >= 4 is 17.2 Å². The van der Waals surface area contributed by atoms with Gasteiger partial charge in [0.05, 0.1) is 0 Å². The van der Waals surface area contributed by atoms with Gasteiger partial charge in [0, 0.05) is 0 Å². The maximum atomic E-state index is 7.23. The molecule has 0 bridgehead atoms. The third-order valence-electron chi connectivity index (χ3n) is 1.33. The van der Waals surface area contributed by atoms with E-state index in [1.165, 1.54) is 0 Å². The molecule has 0 atom stereocenters. The highest BCUT2D eigenvalue weighted by Gasteiger charge is 1.76. The third-order valence-corrected chi connectivity index (χ3v) is 1.33. The van der Waals surface area contributed by atoms with E-state index in [9.17, 15) is 0 Å². The maximum absolute atomic E-state index is 7.23. The lowest BCUT2D eigenvalue weighted by Crippen LogP contribution is -1.54. The van der Waals surface area contributed by atoms with Crippen LogP contribution < -0.4 is 0 Å². The zero-order valence-corrected chi connectivity index (χ0v) is 12.3. The van der Waals surface area contributed by atoms with Crippen LogP contribution in [-0.4, -0.2) is 29.4 Å². The Bertz CT molecular complexity index is 264. The highest BCUT2D eigenvalue weighted by molar-refractivity contribution is 7.38. The summed E-state index contributed by atoms with van der Waals surface area (Å²) in [4.78, 5) is 43.4. The molecule has 0 unspecified atom stereocenters. The van der Waals surface area contributed by atoms with E-state index in [4.69, 9.17) is 29.4 Å². The van der Waals surface area contributed by atoms with E-state index in [-0.39, 0.29) is 0 Å². The van der Waals surface area contributed by atoms with Gasteiger partial charge in [-0.1, -0.05) is 72.8 Å².